The standard InChI is InChI=1S/C16H34.H2O4/c1-3-5-7-9-11-13-15-16-14-12-10-8-6-4-2;1-3-4-2/h3-16H2,1-2H3;1-2H. The predicted molar refractivity (Wildman–Crippen MR) is 83.4 cm³/mol. The van der Waals surface area contributed by atoms with Gasteiger partial charge in [0.25, 0.3) is 0 Å². The third-order valence-electron chi connectivity index (χ3n) is 3.49. The lowest BCUT2D eigenvalue weighted by atomic mass is 10.0. The fraction of sp³-hybridized carbons (Fsp3) is 1.00. The summed E-state index contributed by atoms with van der Waals surface area (Å²) in [4.78, 5) is 0. The molecule has 0 aromatic carbocycles. The molecule has 0 bridgehead atoms. The van der Waals surface area contributed by atoms with Gasteiger partial charge >= 0.3 is 0 Å². The molecule has 20 heavy (non-hydrogen) atoms. The maximum atomic E-state index is 6.90. The van der Waals surface area contributed by atoms with E-state index in [0.29, 0.717) is 0 Å². The highest BCUT2D eigenvalue weighted by atomic mass is 17.6. The van der Waals surface area contributed by atoms with Crippen molar-refractivity contribution in [2.75, 3.05) is 0 Å². The van der Waals surface area contributed by atoms with Gasteiger partial charge < -0.3 is 0 Å². The summed E-state index contributed by atoms with van der Waals surface area (Å²) in [5, 5.41) is 19.0. The molecule has 0 unspecified atom stereocenters. The first-order chi connectivity index (χ1) is 9.83. The van der Waals surface area contributed by atoms with Crippen molar-refractivity contribution in [2.24, 2.45) is 0 Å². The fourth-order valence-electron chi connectivity index (χ4n) is 2.27. The highest BCUT2D eigenvalue weighted by Gasteiger charge is 1.92. The SMILES string of the molecule is CCCCCCCCCCCCCCCC.OOOO. The van der Waals surface area contributed by atoms with Crippen molar-refractivity contribution in [3.8, 4) is 0 Å². The van der Waals surface area contributed by atoms with E-state index in [0.717, 1.165) is 0 Å². The molecule has 0 radical (unpaired) electrons. The summed E-state index contributed by atoms with van der Waals surface area (Å²) >= 11 is 0. The van der Waals surface area contributed by atoms with E-state index in [2.05, 4.69) is 23.9 Å². The third kappa shape index (κ3) is 26.4. The highest BCUT2D eigenvalue weighted by molar-refractivity contribution is 4.48. The van der Waals surface area contributed by atoms with E-state index >= 15 is 0 Å². The van der Waals surface area contributed by atoms with Crippen LogP contribution in [0.4, 0.5) is 0 Å². The maximum Gasteiger partial charge on any atom is -0.0395 e. The summed E-state index contributed by atoms with van der Waals surface area (Å²) in [5.41, 5.74) is 0. The summed E-state index contributed by atoms with van der Waals surface area (Å²) in [6, 6.07) is 0. The van der Waals surface area contributed by atoms with Gasteiger partial charge in [0.1, 0.15) is 0 Å². The van der Waals surface area contributed by atoms with Crippen LogP contribution in [0.3, 0.4) is 0 Å². The lowest BCUT2D eigenvalue weighted by molar-refractivity contribution is -0.611. The van der Waals surface area contributed by atoms with Gasteiger partial charge in [-0.1, -0.05) is 104 Å². The van der Waals surface area contributed by atoms with E-state index in [4.69, 9.17) is 10.5 Å². The lowest BCUT2D eigenvalue weighted by Crippen LogP contribution is -1.82. The van der Waals surface area contributed by atoms with Gasteiger partial charge in [-0.05, 0) is 10.1 Å². The van der Waals surface area contributed by atoms with Crippen LogP contribution in [0.1, 0.15) is 104 Å². The minimum absolute atomic E-state index is 1.37. The molecule has 4 nitrogen and oxygen atoms in total. The molecular formula is C16H36O4. The van der Waals surface area contributed by atoms with E-state index in [1.165, 1.54) is 89.9 Å². The van der Waals surface area contributed by atoms with E-state index in [1.807, 2.05) is 0 Å². The van der Waals surface area contributed by atoms with Gasteiger partial charge in [0.2, 0.25) is 0 Å². The maximum absolute atomic E-state index is 6.90. The van der Waals surface area contributed by atoms with Crippen molar-refractivity contribution in [2.45, 2.75) is 104 Å². The zero-order chi connectivity index (χ0) is 15.3. The molecule has 0 fully saturated rings. The topological polar surface area (TPSA) is 58.9 Å². The van der Waals surface area contributed by atoms with Gasteiger partial charge in [-0.15, -0.1) is 0 Å². The smallest absolute Gasteiger partial charge is 0.0395 e. The van der Waals surface area contributed by atoms with Crippen LogP contribution in [0.25, 0.3) is 0 Å². The van der Waals surface area contributed by atoms with Crippen molar-refractivity contribution in [1.82, 2.24) is 0 Å². The monoisotopic (exact) mass is 292 g/mol. The molecule has 0 amide bonds. The van der Waals surface area contributed by atoms with Crippen LogP contribution in [-0.4, -0.2) is 10.5 Å². The zero-order valence-corrected chi connectivity index (χ0v) is 13.6. The van der Waals surface area contributed by atoms with Crippen LogP contribution < -0.4 is 0 Å². The molecule has 0 saturated heterocycles. The van der Waals surface area contributed by atoms with E-state index in [1.54, 1.807) is 0 Å². The summed E-state index contributed by atoms with van der Waals surface area (Å²) in [6.45, 7) is 4.58. The molecule has 0 aliphatic carbocycles. The van der Waals surface area contributed by atoms with Crippen molar-refractivity contribution in [3.63, 3.8) is 0 Å². The largest absolute Gasteiger partial charge is 0.219 e. The van der Waals surface area contributed by atoms with Gasteiger partial charge in [-0.3, -0.25) is 0 Å². The van der Waals surface area contributed by atoms with Gasteiger partial charge in [0.05, 0.1) is 0 Å². The van der Waals surface area contributed by atoms with Gasteiger partial charge in [-0.25, -0.2) is 10.5 Å². The van der Waals surface area contributed by atoms with Crippen molar-refractivity contribution in [1.29, 1.82) is 0 Å². The van der Waals surface area contributed by atoms with E-state index in [9.17, 15) is 0 Å². The average molecular weight is 292 g/mol. The molecule has 4 heteroatoms. The van der Waals surface area contributed by atoms with Crippen LogP contribution >= 0.6 is 0 Å². The van der Waals surface area contributed by atoms with Crippen LogP contribution in [-0.2, 0) is 10.1 Å². The van der Waals surface area contributed by atoms with Crippen molar-refractivity contribution in [3.05, 3.63) is 0 Å². The summed E-state index contributed by atoms with van der Waals surface area (Å²) in [5.74, 6) is 0. The predicted octanol–water partition coefficient (Wildman–Crippen LogP) is 6.37. The highest BCUT2D eigenvalue weighted by Crippen LogP contribution is 2.12. The van der Waals surface area contributed by atoms with Crippen LogP contribution in [0.15, 0.2) is 0 Å². The quantitative estimate of drug-likeness (QED) is 0.222. The Kier molecular flexibility index (Phi) is 26.4. The number of rotatable bonds is 14. The molecule has 0 saturated carbocycles. The molecule has 0 rings (SSSR count). The van der Waals surface area contributed by atoms with Crippen molar-refractivity contribution >= 4 is 0 Å². The second kappa shape index (κ2) is 23.9. The normalized spacial score (nSPS) is 10.2. The first kappa shape index (κ1) is 22.1. The Hall–Kier alpha value is -0.160. The third-order valence-corrected chi connectivity index (χ3v) is 3.49. The van der Waals surface area contributed by atoms with Crippen molar-refractivity contribution < 1.29 is 20.6 Å². The first-order valence-corrected chi connectivity index (χ1v) is 8.45. The number of hydrogen-bond acceptors (Lipinski definition) is 4. The Balaban J connectivity index is 0. The average Bonchev–Trinajstić information content (AvgIpc) is 2.49. The second-order valence-corrected chi connectivity index (χ2v) is 5.39. The Bertz CT molecular complexity index is 126. The molecule has 0 aromatic rings. The summed E-state index contributed by atoms with van der Waals surface area (Å²) < 4.78 is 0. The fourth-order valence-corrected chi connectivity index (χ4v) is 2.27. The van der Waals surface area contributed by atoms with Crippen LogP contribution in [0, 0.1) is 0 Å². The molecule has 0 heterocycles. The summed E-state index contributed by atoms with van der Waals surface area (Å²) in [7, 11) is 0. The van der Waals surface area contributed by atoms with Gasteiger partial charge in [0.15, 0.2) is 0 Å². The molecule has 0 spiro atoms. The minimum atomic E-state index is 1.37. The molecule has 0 aliphatic rings. The van der Waals surface area contributed by atoms with Crippen LogP contribution in [0.2, 0.25) is 0 Å². The molecular weight excluding hydrogens is 256 g/mol. The van der Waals surface area contributed by atoms with E-state index < -0.39 is 0 Å². The summed E-state index contributed by atoms with van der Waals surface area (Å²) in [6.07, 6.45) is 20.4. The molecule has 0 aromatic heterocycles. The Morgan fingerprint density at radius 2 is 0.650 bits per heavy atom. The number of unbranched alkanes of at least 4 members (excludes halogenated alkanes) is 13. The first-order valence-electron chi connectivity index (χ1n) is 8.45. The lowest BCUT2D eigenvalue weighted by Gasteiger charge is -2.02. The molecule has 124 valence electrons. The van der Waals surface area contributed by atoms with E-state index in [-0.39, 0.29) is 0 Å². The molecule has 0 aliphatic heterocycles. The molecule has 0 atom stereocenters. The van der Waals surface area contributed by atoms with Gasteiger partial charge in [-0.2, -0.15) is 0 Å². The molecule has 2 N–H and O–H groups in total. The Labute approximate surface area is 125 Å². The second-order valence-electron chi connectivity index (χ2n) is 5.39. The van der Waals surface area contributed by atoms with Crippen LogP contribution in [0.5, 0.6) is 0 Å². The number of hydrogen-bond donors (Lipinski definition) is 2. The Morgan fingerprint density at radius 3 is 0.800 bits per heavy atom. The Morgan fingerprint density at radius 1 is 0.450 bits per heavy atom. The zero-order valence-electron chi connectivity index (χ0n) is 13.6. The minimum Gasteiger partial charge on any atom is -0.219 e. The van der Waals surface area contributed by atoms with Gasteiger partial charge in [0, 0.05) is 0 Å².